The Morgan fingerprint density at radius 3 is 2.52 bits per heavy atom. The molecular formula is C14H16BrN3O3. The molecule has 2 aromatic rings. The number of nitrogens with zero attached hydrogens (tertiary/aromatic N) is 2. The van der Waals surface area contributed by atoms with E-state index in [1.54, 1.807) is 25.3 Å². The predicted molar refractivity (Wildman–Crippen MR) is 83.0 cm³/mol. The summed E-state index contributed by atoms with van der Waals surface area (Å²) in [6.07, 6.45) is 1.31. The van der Waals surface area contributed by atoms with Gasteiger partial charge in [-0.1, -0.05) is 0 Å². The summed E-state index contributed by atoms with van der Waals surface area (Å²) in [5.41, 5.74) is 6.23. The molecule has 0 aliphatic heterocycles. The van der Waals surface area contributed by atoms with Crippen molar-refractivity contribution in [2.75, 3.05) is 12.8 Å². The van der Waals surface area contributed by atoms with E-state index in [9.17, 15) is 0 Å². The van der Waals surface area contributed by atoms with E-state index in [0.717, 1.165) is 4.47 Å². The molecule has 1 aromatic carbocycles. The molecule has 1 aromatic heterocycles. The van der Waals surface area contributed by atoms with E-state index in [0.29, 0.717) is 17.4 Å². The normalized spacial score (nSPS) is 10.5. The number of halogens is 1. The van der Waals surface area contributed by atoms with E-state index in [-0.39, 0.29) is 17.7 Å². The van der Waals surface area contributed by atoms with Crippen LogP contribution in [-0.2, 0) is 0 Å². The van der Waals surface area contributed by atoms with Crippen LogP contribution in [0.25, 0.3) is 0 Å². The minimum absolute atomic E-state index is 0.0391. The molecule has 2 rings (SSSR count). The summed E-state index contributed by atoms with van der Waals surface area (Å²) in [5.74, 6) is 1.83. The number of nitrogen functional groups attached to an aromatic ring is 1. The second-order valence-electron chi connectivity index (χ2n) is 4.46. The van der Waals surface area contributed by atoms with Gasteiger partial charge in [-0.2, -0.15) is 9.97 Å². The zero-order chi connectivity index (χ0) is 15.4. The number of rotatable bonds is 5. The molecule has 21 heavy (non-hydrogen) atoms. The Balaban J connectivity index is 2.27. The van der Waals surface area contributed by atoms with Crippen LogP contribution in [0.4, 0.5) is 5.69 Å². The van der Waals surface area contributed by atoms with Crippen molar-refractivity contribution in [3.05, 3.63) is 29.0 Å². The topological polar surface area (TPSA) is 79.5 Å². The lowest BCUT2D eigenvalue weighted by Gasteiger charge is -2.13. The van der Waals surface area contributed by atoms with Crippen molar-refractivity contribution >= 4 is 21.6 Å². The minimum atomic E-state index is -0.0391. The van der Waals surface area contributed by atoms with Crippen LogP contribution in [0.1, 0.15) is 13.8 Å². The van der Waals surface area contributed by atoms with Crippen LogP contribution in [-0.4, -0.2) is 23.2 Å². The van der Waals surface area contributed by atoms with Gasteiger partial charge in [0.2, 0.25) is 11.8 Å². The lowest BCUT2D eigenvalue weighted by molar-refractivity contribution is 0.232. The highest BCUT2D eigenvalue weighted by molar-refractivity contribution is 9.10. The van der Waals surface area contributed by atoms with Crippen LogP contribution in [0.2, 0.25) is 0 Å². The van der Waals surface area contributed by atoms with Crippen LogP contribution < -0.4 is 19.9 Å². The van der Waals surface area contributed by atoms with Gasteiger partial charge >= 0.3 is 0 Å². The van der Waals surface area contributed by atoms with Gasteiger partial charge in [0, 0.05) is 0 Å². The van der Waals surface area contributed by atoms with Crippen molar-refractivity contribution in [3.8, 4) is 23.3 Å². The average molecular weight is 354 g/mol. The van der Waals surface area contributed by atoms with Crippen LogP contribution in [0, 0.1) is 0 Å². The van der Waals surface area contributed by atoms with Gasteiger partial charge in [-0.25, -0.2) is 0 Å². The third-order valence-corrected chi connectivity index (χ3v) is 3.12. The average Bonchev–Trinajstić information content (AvgIpc) is 2.44. The van der Waals surface area contributed by atoms with Gasteiger partial charge in [0.15, 0.2) is 5.69 Å². The van der Waals surface area contributed by atoms with Crippen LogP contribution in [0.15, 0.2) is 29.0 Å². The highest BCUT2D eigenvalue weighted by Crippen LogP contribution is 2.36. The summed E-state index contributed by atoms with van der Waals surface area (Å²) >= 11 is 3.41. The third-order valence-electron chi connectivity index (χ3n) is 2.50. The monoisotopic (exact) mass is 353 g/mol. The number of hydrogen-bond donors (Lipinski definition) is 1. The standard InChI is InChI=1S/C14H16BrN3O3/c1-8(2)20-13-12(16)14(18-7-17-13)21-11-5-4-9(19-3)6-10(11)15/h4-8H,16H2,1-3H3. The van der Waals surface area contributed by atoms with Crippen molar-refractivity contribution in [3.63, 3.8) is 0 Å². The van der Waals surface area contributed by atoms with Gasteiger partial charge in [0.05, 0.1) is 17.7 Å². The largest absolute Gasteiger partial charge is 0.497 e. The first kappa shape index (κ1) is 15.4. The maximum absolute atomic E-state index is 5.97. The van der Waals surface area contributed by atoms with Crippen molar-refractivity contribution in [1.82, 2.24) is 9.97 Å². The highest BCUT2D eigenvalue weighted by Gasteiger charge is 2.14. The SMILES string of the molecule is COc1ccc(Oc2ncnc(OC(C)C)c2N)c(Br)c1. The molecule has 0 unspecified atom stereocenters. The molecule has 0 saturated heterocycles. The fraction of sp³-hybridized carbons (Fsp3) is 0.286. The molecule has 2 N–H and O–H groups in total. The van der Waals surface area contributed by atoms with Gasteiger partial charge in [0.1, 0.15) is 17.8 Å². The van der Waals surface area contributed by atoms with E-state index in [1.165, 1.54) is 6.33 Å². The fourth-order valence-corrected chi connectivity index (χ4v) is 2.00. The van der Waals surface area contributed by atoms with Gasteiger partial charge in [-0.05, 0) is 48.0 Å². The zero-order valence-corrected chi connectivity index (χ0v) is 13.5. The Hall–Kier alpha value is -2.02. The summed E-state index contributed by atoms with van der Waals surface area (Å²) in [4.78, 5) is 8.04. The number of aromatic nitrogens is 2. The molecule has 1 heterocycles. The van der Waals surface area contributed by atoms with E-state index < -0.39 is 0 Å². The molecule has 0 spiro atoms. The fourth-order valence-electron chi connectivity index (χ4n) is 1.56. The maximum Gasteiger partial charge on any atom is 0.249 e. The number of anilines is 1. The molecule has 0 bridgehead atoms. The molecule has 0 amide bonds. The van der Waals surface area contributed by atoms with Crippen molar-refractivity contribution < 1.29 is 14.2 Å². The van der Waals surface area contributed by atoms with Crippen LogP contribution in [0.5, 0.6) is 23.3 Å². The Morgan fingerprint density at radius 1 is 1.19 bits per heavy atom. The number of nitrogens with two attached hydrogens (primary N) is 1. The second kappa shape index (κ2) is 6.62. The minimum Gasteiger partial charge on any atom is -0.497 e. The molecule has 0 fully saturated rings. The van der Waals surface area contributed by atoms with Gasteiger partial charge in [-0.15, -0.1) is 0 Å². The molecule has 0 saturated carbocycles. The Bertz CT molecular complexity index is 635. The number of methoxy groups -OCH3 is 1. The quantitative estimate of drug-likeness (QED) is 0.886. The molecule has 7 heteroatoms. The first-order valence-electron chi connectivity index (χ1n) is 6.29. The van der Waals surface area contributed by atoms with Crippen LogP contribution in [0.3, 0.4) is 0 Å². The van der Waals surface area contributed by atoms with Crippen molar-refractivity contribution in [1.29, 1.82) is 0 Å². The lowest BCUT2D eigenvalue weighted by Crippen LogP contribution is -2.10. The number of ether oxygens (including phenoxy) is 3. The predicted octanol–water partition coefficient (Wildman–Crippen LogP) is 3.41. The Kier molecular flexibility index (Phi) is 4.85. The van der Waals surface area contributed by atoms with E-state index in [1.807, 2.05) is 13.8 Å². The smallest absolute Gasteiger partial charge is 0.249 e. The molecule has 0 aliphatic carbocycles. The van der Waals surface area contributed by atoms with Gasteiger partial charge in [0.25, 0.3) is 0 Å². The molecule has 112 valence electrons. The third kappa shape index (κ3) is 3.75. The first-order valence-corrected chi connectivity index (χ1v) is 7.09. The maximum atomic E-state index is 5.97. The number of hydrogen-bond acceptors (Lipinski definition) is 6. The summed E-state index contributed by atoms with van der Waals surface area (Å²) in [7, 11) is 1.60. The Morgan fingerprint density at radius 2 is 1.90 bits per heavy atom. The summed E-state index contributed by atoms with van der Waals surface area (Å²) in [5, 5.41) is 0. The zero-order valence-electron chi connectivity index (χ0n) is 12.0. The van der Waals surface area contributed by atoms with E-state index in [4.69, 9.17) is 19.9 Å². The summed E-state index contributed by atoms with van der Waals surface area (Å²) in [6.45, 7) is 3.78. The molecule has 0 atom stereocenters. The van der Waals surface area contributed by atoms with Gasteiger partial charge < -0.3 is 19.9 Å². The summed E-state index contributed by atoms with van der Waals surface area (Å²) in [6, 6.07) is 5.33. The molecule has 6 nitrogen and oxygen atoms in total. The van der Waals surface area contributed by atoms with Crippen molar-refractivity contribution in [2.24, 2.45) is 0 Å². The Labute approximate surface area is 131 Å². The molecule has 0 radical (unpaired) electrons. The summed E-state index contributed by atoms with van der Waals surface area (Å²) < 4.78 is 17.1. The van der Waals surface area contributed by atoms with E-state index in [2.05, 4.69) is 25.9 Å². The van der Waals surface area contributed by atoms with Crippen LogP contribution >= 0.6 is 15.9 Å². The lowest BCUT2D eigenvalue weighted by atomic mass is 10.3. The molecule has 0 aliphatic rings. The van der Waals surface area contributed by atoms with Gasteiger partial charge in [-0.3, -0.25) is 0 Å². The first-order chi connectivity index (χ1) is 10.0. The van der Waals surface area contributed by atoms with Crippen molar-refractivity contribution in [2.45, 2.75) is 20.0 Å². The number of benzene rings is 1. The van der Waals surface area contributed by atoms with E-state index >= 15 is 0 Å². The highest BCUT2D eigenvalue weighted by atomic mass is 79.9. The molecular weight excluding hydrogens is 338 g/mol. The second-order valence-corrected chi connectivity index (χ2v) is 5.32.